The standard InChI is InChI=1S/C15H24N4O6/c1-9(2)7-19-13(16)12(14(22)17-15(19)23)18(5-6-24-4)11(21)8-25-10(3)20/h9H,5-8,16H2,1-4H3,(H,17,22,23). The molecule has 1 aromatic heterocycles. The topological polar surface area (TPSA) is 137 Å². The molecule has 1 heterocycles. The smallest absolute Gasteiger partial charge is 0.330 e. The van der Waals surface area contributed by atoms with Gasteiger partial charge in [-0.1, -0.05) is 13.8 Å². The molecule has 0 atom stereocenters. The first kappa shape index (κ1) is 20.4. The van der Waals surface area contributed by atoms with E-state index in [1.54, 1.807) is 0 Å². The zero-order valence-electron chi connectivity index (χ0n) is 14.8. The highest BCUT2D eigenvalue weighted by Crippen LogP contribution is 2.17. The second-order valence-corrected chi connectivity index (χ2v) is 5.82. The molecule has 1 rings (SSSR count). The molecular weight excluding hydrogens is 332 g/mol. The van der Waals surface area contributed by atoms with E-state index >= 15 is 0 Å². The Labute approximate surface area is 144 Å². The highest BCUT2D eigenvalue weighted by atomic mass is 16.5. The Hall–Kier alpha value is -2.62. The Balaban J connectivity index is 3.37. The number of rotatable bonds is 8. The molecule has 0 bridgehead atoms. The van der Waals surface area contributed by atoms with E-state index in [1.807, 2.05) is 13.8 Å². The molecule has 0 aromatic carbocycles. The number of nitrogens with one attached hydrogen (secondary N) is 1. The van der Waals surface area contributed by atoms with Crippen LogP contribution in [-0.4, -0.2) is 48.3 Å². The summed E-state index contributed by atoms with van der Waals surface area (Å²) < 4.78 is 10.8. The van der Waals surface area contributed by atoms with E-state index < -0.39 is 29.7 Å². The third kappa shape index (κ3) is 5.45. The van der Waals surface area contributed by atoms with Gasteiger partial charge in [-0.05, 0) is 5.92 Å². The molecule has 0 aliphatic carbocycles. The molecule has 25 heavy (non-hydrogen) atoms. The van der Waals surface area contributed by atoms with Gasteiger partial charge < -0.3 is 15.2 Å². The number of nitrogens with two attached hydrogens (primary N) is 1. The lowest BCUT2D eigenvalue weighted by molar-refractivity contribution is -0.145. The van der Waals surface area contributed by atoms with E-state index in [9.17, 15) is 19.2 Å². The molecule has 0 aliphatic heterocycles. The summed E-state index contributed by atoms with van der Waals surface area (Å²) in [7, 11) is 1.43. The fourth-order valence-corrected chi connectivity index (χ4v) is 2.17. The molecule has 0 fully saturated rings. The molecule has 1 aromatic rings. The van der Waals surface area contributed by atoms with Crippen molar-refractivity contribution in [2.24, 2.45) is 5.92 Å². The molecule has 10 nitrogen and oxygen atoms in total. The van der Waals surface area contributed by atoms with Crippen LogP contribution < -0.4 is 21.9 Å². The third-order valence-corrected chi connectivity index (χ3v) is 3.25. The van der Waals surface area contributed by atoms with E-state index in [2.05, 4.69) is 4.98 Å². The van der Waals surface area contributed by atoms with E-state index in [0.29, 0.717) is 0 Å². The number of carbonyl (C=O) groups is 2. The maximum absolute atomic E-state index is 12.4. The predicted molar refractivity (Wildman–Crippen MR) is 91.4 cm³/mol. The van der Waals surface area contributed by atoms with Crippen molar-refractivity contribution in [1.82, 2.24) is 9.55 Å². The molecule has 0 spiro atoms. The van der Waals surface area contributed by atoms with Gasteiger partial charge in [-0.25, -0.2) is 4.79 Å². The Kier molecular flexibility index (Phi) is 7.37. The molecule has 10 heteroatoms. The molecule has 0 aliphatic rings. The summed E-state index contributed by atoms with van der Waals surface area (Å²) in [5.41, 5.74) is 4.38. The number of carbonyl (C=O) groups excluding carboxylic acids is 2. The highest BCUT2D eigenvalue weighted by molar-refractivity contribution is 5.97. The van der Waals surface area contributed by atoms with Crippen LogP contribution in [0.4, 0.5) is 11.5 Å². The van der Waals surface area contributed by atoms with Gasteiger partial charge in [-0.2, -0.15) is 0 Å². The van der Waals surface area contributed by atoms with Crippen molar-refractivity contribution in [1.29, 1.82) is 0 Å². The minimum atomic E-state index is -0.796. The van der Waals surface area contributed by atoms with Crippen molar-refractivity contribution >= 4 is 23.4 Å². The number of nitrogens with zero attached hydrogens (tertiary/aromatic N) is 2. The molecule has 140 valence electrons. The Bertz CT molecular complexity index is 737. The van der Waals surface area contributed by atoms with Gasteiger partial charge >= 0.3 is 11.7 Å². The number of methoxy groups -OCH3 is 1. The lowest BCUT2D eigenvalue weighted by Gasteiger charge is -2.24. The van der Waals surface area contributed by atoms with Gasteiger partial charge in [-0.3, -0.25) is 28.8 Å². The number of aromatic amines is 1. The monoisotopic (exact) mass is 356 g/mol. The zero-order valence-corrected chi connectivity index (χ0v) is 14.8. The quantitative estimate of drug-likeness (QED) is 0.589. The van der Waals surface area contributed by atoms with Gasteiger partial charge in [-0.15, -0.1) is 0 Å². The van der Waals surface area contributed by atoms with E-state index in [-0.39, 0.29) is 37.1 Å². The number of hydrogen-bond acceptors (Lipinski definition) is 7. The van der Waals surface area contributed by atoms with Crippen LogP contribution in [0.3, 0.4) is 0 Å². The maximum atomic E-state index is 12.4. The SMILES string of the molecule is COCCN(C(=O)COC(C)=O)c1c(N)n(CC(C)C)c(=O)[nH]c1=O. The Morgan fingerprint density at radius 2 is 1.96 bits per heavy atom. The van der Waals surface area contributed by atoms with Gasteiger partial charge in [0.1, 0.15) is 5.82 Å². The molecule has 0 saturated heterocycles. The number of nitrogen functional groups attached to an aromatic ring is 1. The summed E-state index contributed by atoms with van der Waals surface area (Å²) in [6.07, 6.45) is 0. The second-order valence-electron chi connectivity index (χ2n) is 5.82. The first-order chi connectivity index (χ1) is 11.7. The fraction of sp³-hybridized carbons (Fsp3) is 0.600. The van der Waals surface area contributed by atoms with Crippen LogP contribution in [-0.2, 0) is 25.6 Å². The van der Waals surface area contributed by atoms with Crippen LogP contribution in [0.15, 0.2) is 9.59 Å². The number of ether oxygens (including phenoxy) is 2. The molecule has 0 saturated carbocycles. The van der Waals surface area contributed by atoms with Crippen LogP contribution in [0.5, 0.6) is 0 Å². The summed E-state index contributed by atoms with van der Waals surface area (Å²) in [6.45, 7) is 4.76. The lowest BCUT2D eigenvalue weighted by atomic mass is 10.2. The van der Waals surface area contributed by atoms with Gasteiger partial charge in [0.2, 0.25) is 0 Å². The zero-order chi connectivity index (χ0) is 19.1. The number of hydrogen-bond donors (Lipinski definition) is 2. The van der Waals surface area contributed by atoms with E-state index in [0.717, 1.165) is 11.8 Å². The predicted octanol–water partition coefficient (Wildman–Crippen LogP) is -0.683. The summed E-state index contributed by atoms with van der Waals surface area (Å²) in [5, 5.41) is 0. The number of amides is 1. The van der Waals surface area contributed by atoms with Gasteiger partial charge in [0.15, 0.2) is 12.3 Å². The molecule has 0 unspecified atom stereocenters. The third-order valence-electron chi connectivity index (χ3n) is 3.25. The number of H-pyrrole nitrogens is 1. The van der Waals surface area contributed by atoms with Crippen molar-refractivity contribution in [3.8, 4) is 0 Å². The van der Waals surface area contributed by atoms with Crippen LogP contribution in [0.25, 0.3) is 0 Å². The van der Waals surface area contributed by atoms with Crippen LogP contribution in [0.2, 0.25) is 0 Å². The van der Waals surface area contributed by atoms with Crippen LogP contribution in [0, 0.1) is 5.92 Å². The van der Waals surface area contributed by atoms with Crippen molar-refractivity contribution in [2.75, 3.05) is 37.5 Å². The van der Waals surface area contributed by atoms with E-state index in [1.165, 1.54) is 11.7 Å². The van der Waals surface area contributed by atoms with Crippen LogP contribution in [0.1, 0.15) is 20.8 Å². The minimum Gasteiger partial charge on any atom is -0.456 e. The van der Waals surface area contributed by atoms with Crippen molar-refractivity contribution in [2.45, 2.75) is 27.3 Å². The largest absolute Gasteiger partial charge is 0.456 e. The minimum absolute atomic E-state index is 0.00373. The molecule has 0 radical (unpaired) electrons. The summed E-state index contributed by atoms with van der Waals surface area (Å²) in [4.78, 5) is 50.8. The lowest BCUT2D eigenvalue weighted by Crippen LogP contribution is -2.44. The average Bonchev–Trinajstić information content (AvgIpc) is 2.51. The molecule has 3 N–H and O–H groups in total. The first-order valence-electron chi connectivity index (χ1n) is 7.74. The Morgan fingerprint density at radius 3 is 2.48 bits per heavy atom. The normalized spacial score (nSPS) is 10.8. The average molecular weight is 356 g/mol. The van der Waals surface area contributed by atoms with Gasteiger partial charge in [0.05, 0.1) is 6.61 Å². The maximum Gasteiger partial charge on any atom is 0.330 e. The highest BCUT2D eigenvalue weighted by Gasteiger charge is 2.24. The van der Waals surface area contributed by atoms with Crippen molar-refractivity contribution in [3.63, 3.8) is 0 Å². The van der Waals surface area contributed by atoms with Gasteiger partial charge in [0.25, 0.3) is 11.5 Å². The number of anilines is 2. The number of esters is 1. The summed E-state index contributed by atoms with van der Waals surface area (Å²) in [5.74, 6) is -1.33. The fourth-order valence-electron chi connectivity index (χ4n) is 2.17. The van der Waals surface area contributed by atoms with E-state index in [4.69, 9.17) is 15.2 Å². The molecular formula is C15H24N4O6. The Morgan fingerprint density at radius 1 is 1.32 bits per heavy atom. The second kappa shape index (κ2) is 9.02. The van der Waals surface area contributed by atoms with Crippen LogP contribution >= 0.6 is 0 Å². The first-order valence-corrected chi connectivity index (χ1v) is 7.74. The van der Waals surface area contributed by atoms with Crippen molar-refractivity contribution < 1.29 is 19.1 Å². The number of aromatic nitrogens is 2. The van der Waals surface area contributed by atoms with Gasteiger partial charge in [0, 0.05) is 27.1 Å². The summed E-state index contributed by atoms with van der Waals surface area (Å²) in [6, 6.07) is 0. The van der Waals surface area contributed by atoms with Crippen molar-refractivity contribution in [3.05, 3.63) is 20.8 Å². The molecule has 1 amide bonds. The summed E-state index contributed by atoms with van der Waals surface area (Å²) >= 11 is 0.